The van der Waals surface area contributed by atoms with Crippen molar-refractivity contribution in [2.24, 2.45) is 11.7 Å². The van der Waals surface area contributed by atoms with E-state index in [1.807, 2.05) is 36.1 Å². The van der Waals surface area contributed by atoms with Crippen LogP contribution in [-0.4, -0.2) is 29.9 Å². The number of nitrogens with zero attached hydrogens (tertiary/aromatic N) is 1. The summed E-state index contributed by atoms with van der Waals surface area (Å²) in [6, 6.07) is 7.97. The average Bonchev–Trinajstić information content (AvgIpc) is 2.38. The van der Waals surface area contributed by atoms with Gasteiger partial charge in [0.1, 0.15) is 0 Å². The third-order valence-corrected chi connectivity index (χ3v) is 3.89. The predicted octanol–water partition coefficient (Wildman–Crippen LogP) is 2.19. The first-order chi connectivity index (χ1) is 8.63. The fourth-order valence-electron chi connectivity index (χ4n) is 2.71. The Hall–Kier alpha value is -1.35. The van der Waals surface area contributed by atoms with Gasteiger partial charge in [0, 0.05) is 24.7 Å². The molecule has 0 aromatic heterocycles. The molecule has 0 aliphatic carbocycles. The summed E-state index contributed by atoms with van der Waals surface area (Å²) in [6.07, 6.45) is 2.10. The van der Waals surface area contributed by atoms with Gasteiger partial charge in [-0.05, 0) is 37.3 Å². The van der Waals surface area contributed by atoms with Crippen LogP contribution < -0.4 is 5.73 Å². The molecule has 1 amide bonds. The fraction of sp³-hybridized carbons (Fsp3) is 0.533. The fourth-order valence-corrected chi connectivity index (χ4v) is 2.71. The topological polar surface area (TPSA) is 46.3 Å². The number of aryl methyl sites for hydroxylation is 1. The molecule has 1 aliphatic rings. The van der Waals surface area contributed by atoms with Crippen molar-refractivity contribution >= 4 is 5.91 Å². The predicted molar refractivity (Wildman–Crippen MR) is 73.5 cm³/mol. The van der Waals surface area contributed by atoms with Crippen LogP contribution in [0.1, 0.15) is 35.7 Å². The lowest BCUT2D eigenvalue weighted by molar-refractivity contribution is 0.0573. The first-order valence-corrected chi connectivity index (χ1v) is 6.70. The molecule has 3 nitrogen and oxygen atoms in total. The molecule has 3 heteroatoms. The van der Waals surface area contributed by atoms with Crippen LogP contribution in [0.3, 0.4) is 0 Å². The number of hydrogen-bond acceptors (Lipinski definition) is 2. The molecule has 1 fully saturated rings. The van der Waals surface area contributed by atoms with Crippen LogP contribution in [-0.2, 0) is 0 Å². The quantitative estimate of drug-likeness (QED) is 0.869. The lowest BCUT2D eigenvalue weighted by atomic mass is 9.91. The number of amides is 1. The number of carbonyl (C=O) groups is 1. The number of nitrogens with two attached hydrogens (primary N) is 1. The Morgan fingerprint density at radius 1 is 1.44 bits per heavy atom. The summed E-state index contributed by atoms with van der Waals surface area (Å²) in [7, 11) is 0. The normalized spacial score (nSPS) is 24.1. The van der Waals surface area contributed by atoms with Crippen molar-refractivity contribution in [1.82, 2.24) is 4.90 Å². The van der Waals surface area contributed by atoms with Gasteiger partial charge in [-0.3, -0.25) is 4.79 Å². The van der Waals surface area contributed by atoms with Gasteiger partial charge in [-0.2, -0.15) is 0 Å². The van der Waals surface area contributed by atoms with Gasteiger partial charge in [-0.1, -0.05) is 25.1 Å². The van der Waals surface area contributed by atoms with Gasteiger partial charge >= 0.3 is 0 Å². The molecule has 0 radical (unpaired) electrons. The number of rotatable bonds is 2. The summed E-state index contributed by atoms with van der Waals surface area (Å²) in [4.78, 5) is 14.5. The number of carbonyl (C=O) groups excluding carboxylic acids is 1. The smallest absolute Gasteiger partial charge is 0.254 e. The van der Waals surface area contributed by atoms with E-state index in [0.717, 1.165) is 30.5 Å². The van der Waals surface area contributed by atoms with Crippen LogP contribution in [0.5, 0.6) is 0 Å². The summed E-state index contributed by atoms with van der Waals surface area (Å²) in [6.45, 7) is 5.60. The molecule has 1 aromatic carbocycles. The molecule has 1 aromatic rings. The summed E-state index contributed by atoms with van der Waals surface area (Å²) in [5.41, 5.74) is 7.67. The molecule has 0 spiro atoms. The molecule has 1 aliphatic heterocycles. The maximum Gasteiger partial charge on any atom is 0.254 e. The van der Waals surface area contributed by atoms with E-state index in [9.17, 15) is 4.79 Å². The van der Waals surface area contributed by atoms with Crippen molar-refractivity contribution in [3.8, 4) is 0 Å². The second-order valence-electron chi connectivity index (χ2n) is 5.33. The molecule has 2 N–H and O–H groups in total. The molecule has 1 heterocycles. The Morgan fingerprint density at radius 2 is 2.17 bits per heavy atom. The molecule has 0 saturated carbocycles. The maximum atomic E-state index is 12.6. The second-order valence-corrected chi connectivity index (χ2v) is 5.33. The minimum Gasteiger partial charge on any atom is -0.334 e. The zero-order valence-electron chi connectivity index (χ0n) is 11.2. The van der Waals surface area contributed by atoms with E-state index in [1.165, 1.54) is 0 Å². The molecule has 1 saturated heterocycles. The number of hydrogen-bond donors (Lipinski definition) is 1. The van der Waals surface area contributed by atoms with Crippen LogP contribution >= 0.6 is 0 Å². The van der Waals surface area contributed by atoms with E-state index < -0.39 is 0 Å². The zero-order chi connectivity index (χ0) is 13.1. The Kier molecular flexibility index (Phi) is 4.02. The van der Waals surface area contributed by atoms with Crippen LogP contribution in [0.15, 0.2) is 24.3 Å². The van der Waals surface area contributed by atoms with E-state index >= 15 is 0 Å². The van der Waals surface area contributed by atoms with Crippen LogP contribution in [0, 0.1) is 12.8 Å². The highest BCUT2D eigenvalue weighted by molar-refractivity contribution is 5.95. The first kappa shape index (κ1) is 13.1. The number of benzene rings is 1. The van der Waals surface area contributed by atoms with Crippen molar-refractivity contribution in [3.05, 3.63) is 35.4 Å². The summed E-state index contributed by atoms with van der Waals surface area (Å²) < 4.78 is 0. The molecule has 98 valence electrons. The lowest BCUT2D eigenvalue weighted by Crippen LogP contribution is -2.49. The van der Waals surface area contributed by atoms with Crippen molar-refractivity contribution < 1.29 is 4.79 Å². The standard InChI is InChI=1S/C15H22N2O/c1-11-7-8-17(13(9-11)10-16)15(18)14-6-4-3-5-12(14)2/h3-6,11,13H,7-10,16H2,1-2H3. The van der Waals surface area contributed by atoms with Gasteiger partial charge in [0.2, 0.25) is 0 Å². The Labute approximate surface area is 109 Å². The van der Waals surface area contributed by atoms with Crippen molar-refractivity contribution in [3.63, 3.8) is 0 Å². The minimum atomic E-state index is 0.135. The largest absolute Gasteiger partial charge is 0.334 e. The van der Waals surface area contributed by atoms with Crippen molar-refractivity contribution in [1.29, 1.82) is 0 Å². The Morgan fingerprint density at radius 3 is 2.83 bits per heavy atom. The lowest BCUT2D eigenvalue weighted by Gasteiger charge is -2.38. The minimum absolute atomic E-state index is 0.135. The van der Waals surface area contributed by atoms with Gasteiger partial charge in [-0.25, -0.2) is 0 Å². The summed E-state index contributed by atoms with van der Waals surface area (Å²) >= 11 is 0. The third-order valence-electron chi connectivity index (χ3n) is 3.89. The van der Waals surface area contributed by atoms with Gasteiger partial charge < -0.3 is 10.6 Å². The van der Waals surface area contributed by atoms with E-state index in [2.05, 4.69) is 6.92 Å². The average molecular weight is 246 g/mol. The van der Waals surface area contributed by atoms with Crippen LogP contribution in [0.4, 0.5) is 0 Å². The van der Waals surface area contributed by atoms with Crippen molar-refractivity contribution in [2.45, 2.75) is 32.7 Å². The van der Waals surface area contributed by atoms with Gasteiger partial charge in [0.05, 0.1) is 0 Å². The highest BCUT2D eigenvalue weighted by atomic mass is 16.2. The highest BCUT2D eigenvalue weighted by Crippen LogP contribution is 2.24. The molecule has 18 heavy (non-hydrogen) atoms. The summed E-state index contributed by atoms with van der Waals surface area (Å²) in [5, 5.41) is 0. The maximum absolute atomic E-state index is 12.6. The molecular formula is C15H22N2O. The monoisotopic (exact) mass is 246 g/mol. The Balaban J connectivity index is 2.20. The molecule has 0 bridgehead atoms. The van der Waals surface area contributed by atoms with Gasteiger partial charge in [-0.15, -0.1) is 0 Å². The Bertz CT molecular complexity index is 430. The van der Waals surface area contributed by atoms with Crippen molar-refractivity contribution in [2.75, 3.05) is 13.1 Å². The second kappa shape index (κ2) is 5.53. The molecular weight excluding hydrogens is 224 g/mol. The third kappa shape index (κ3) is 2.56. The zero-order valence-corrected chi connectivity index (χ0v) is 11.2. The highest BCUT2D eigenvalue weighted by Gasteiger charge is 2.29. The summed E-state index contributed by atoms with van der Waals surface area (Å²) in [5.74, 6) is 0.801. The molecule has 2 atom stereocenters. The molecule has 2 rings (SSSR count). The van der Waals surface area contributed by atoms with Crippen LogP contribution in [0.2, 0.25) is 0 Å². The van der Waals surface area contributed by atoms with E-state index in [1.54, 1.807) is 0 Å². The van der Waals surface area contributed by atoms with Gasteiger partial charge in [0.15, 0.2) is 0 Å². The molecule has 2 unspecified atom stereocenters. The van der Waals surface area contributed by atoms with E-state index in [4.69, 9.17) is 5.73 Å². The first-order valence-electron chi connectivity index (χ1n) is 6.70. The van der Waals surface area contributed by atoms with E-state index in [0.29, 0.717) is 12.5 Å². The van der Waals surface area contributed by atoms with E-state index in [-0.39, 0.29) is 11.9 Å². The van der Waals surface area contributed by atoms with Gasteiger partial charge in [0.25, 0.3) is 5.91 Å². The number of likely N-dealkylation sites (tertiary alicyclic amines) is 1. The SMILES string of the molecule is Cc1ccccc1C(=O)N1CCC(C)CC1CN. The van der Waals surface area contributed by atoms with Crippen LogP contribution in [0.25, 0.3) is 0 Å². The number of piperidine rings is 1.